The minimum absolute atomic E-state index is 0.0711. The molecule has 0 aromatic carbocycles. The van der Waals surface area contributed by atoms with E-state index in [1.807, 2.05) is 13.8 Å². The maximum absolute atomic E-state index is 11.9. The van der Waals surface area contributed by atoms with Gasteiger partial charge in [0.05, 0.1) is 5.92 Å². The Morgan fingerprint density at radius 1 is 1.50 bits per heavy atom. The van der Waals surface area contributed by atoms with Crippen LogP contribution in [-0.2, 0) is 4.79 Å². The molecule has 0 spiro atoms. The zero-order chi connectivity index (χ0) is 11.5. The molecule has 5 nitrogen and oxygen atoms in total. The van der Waals surface area contributed by atoms with Crippen LogP contribution in [0.5, 0.6) is 0 Å². The van der Waals surface area contributed by atoms with Crippen LogP contribution in [0, 0.1) is 19.8 Å². The van der Waals surface area contributed by atoms with E-state index in [-0.39, 0.29) is 11.8 Å². The number of anilines is 1. The quantitative estimate of drug-likeness (QED) is 0.698. The summed E-state index contributed by atoms with van der Waals surface area (Å²) in [5.74, 6) is 0.806. The Morgan fingerprint density at radius 3 is 2.88 bits per heavy atom. The van der Waals surface area contributed by atoms with Crippen molar-refractivity contribution in [3.63, 3.8) is 0 Å². The largest absolute Gasteiger partial charge is 0.316 e. The monoisotopic (exact) mass is 222 g/mol. The Labute approximate surface area is 95.0 Å². The van der Waals surface area contributed by atoms with E-state index in [0.717, 1.165) is 37.2 Å². The molecule has 0 bridgehead atoms. The lowest BCUT2D eigenvalue weighted by Crippen LogP contribution is -2.37. The fourth-order valence-corrected chi connectivity index (χ4v) is 1.90. The molecule has 2 heterocycles. The Hall–Kier alpha value is -1.36. The molecule has 88 valence electrons. The summed E-state index contributed by atoms with van der Waals surface area (Å²) in [7, 11) is 0. The molecule has 3 N–H and O–H groups in total. The van der Waals surface area contributed by atoms with Gasteiger partial charge in [-0.2, -0.15) is 5.10 Å². The van der Waals surface area contributed by atoms with Gasteiger partial charge >= 0.3 is 0 Å². The van der Waals surface area contributed by atoms with E-state index >= 15 is 0 Å². The first kappa shape index (κ1) is 11.1. The van der Waals surface area contributed by atoms with Crippen molar-refractivity contribution in [2.24, 2.45) is 5.92 Å². The zero-order valence-electron chi connectivity index (χ0n) is 9.76. The van der Waals surface area contributed by atoms with Gasteiger partial charge < -0.3 is 10.6 Å². The topological polar surface area (TPSA) is 69.8 Å². The molecule has 1 aromatic rings. The van der Waals surface area contributed by atoms with E-state index in [1.165, 1.54) is 0 Å². The van der Waals surface area contributed by atoms with Gasteiger partial charge in [-0.25, -0.2) is 0 Å². The van der Waals surface area contributed by atoms with E-state index < -0.39 is 0 Å². The van der Waals surface area contributed by atoms with Crippen LogP contribution in [0.15, 0.2) is 0 Å². The first-order valence-corrected chi connectivity index (χ1v) is 5.71. The third-order valence-corrected chi connectivity index (χ3v) is 3.16. The Bertz CT molecular complexity index is 379. The van der Waals surface area contributed by atoms with Gasteiger partial charge in [-0.3, -0.25) is 9.89 Å². The van der Waals surface area contributed by atoms with Crippen molar-refractivity contribution >= 4 is 11.7 Å². The maximum Gasteiger partial charge on any atom is 0.229 e. The van der Waals surface area contributed by atoms with Crippen LogP contribution >= 0.6 is 0 Å². The van der Waals surface area contributed by atoms with Gasteiger partial charge in [0.2, 0.25) is 5.91 Å². The summed E-state index contributed by atoms with van der Waals surface area (Å²) in [5, 5.41) is 13.0. The number of H-pyrrole nitrogens is 1. The van der Waals surface area contributed by atoms with Gasteiger partial charge in [0.25, 0.3) is 0 Å². The van der Waals surface area contributed by atoms with Crippen molar-refractivity contribution in [2.75, 3.05) is 18.4 Å². The van der Waals surface area contributed by atoms with E-state index in [2.05, 4.69) is 20.8 Å². The second kappa shape index (κ2) is 4.65. The second-order valence-electron chi connectivity index (χ2n) is 4.35. The molecule has 0 saturated carbocycles. The molecule has 2 rings (SSSR count). The fourth-order valence-electron chi connectivity index (χ4n) is 1.90. The van der Waals surface area contributed by atoms with Gasteiger partial charge in [0, 0.05) is 17.8 Å². The summed E-state index contributed by atoms with van der Waals surface area (Å²) in [6.45, 7) is 5.69. The zero-order valence-corrected chi connectivity index (χ0v) is 9.76. The molecule has 1 fully saturated rings. The summed E-state index contributed by atoms with van der Waals surface area (Å²) < 4.78 is 0. The van der Waals surface area contributed by atoms with Crippen molar-refractivity contribution in [1.29, 1.82) is 0 Å². The van der Waals surface area contributed by atoms with E-state index in [1.54, 1.807) is 0 Å². The molecular formula is C11H18N4O. The number of hydrogen-bond donors (Lipinski definition) is 3. The van der Waals surface area contributed by atoms with Crippen LogP contribution in [-0.4, -0.2) is 29.2 Å². The van der Waals surface area contributed by atoms with Crippen LogP contribution in [0.3, 0.4) is 0 Å². The number of carbonyl (C=O) groups is 1. The molecule has 1 aromatic heterocycles. The van der Waals surface area contributed by atoms with Crippen LogP contribution in [0.25, 0.3) is 0 Å². The van der Waals surface area contributed by atoms with E-state index in [0.29, 0.717) is 5.82 Å². The predicted octanol–water partition coefficient (Wildman–Crippen LogP) is 0.965. The number of rotatable bonds is 2. The van der Waals surface area contributed by atoms with Gasteiger partial charge in [-0.1, -0.05) is 0 Å². The Morgan fingerprint density at radius 2 is 2.31 bits per heavy atom. The van der Waals surface area contributed by atoms with E-state index in [9.17, 15) is 4.79 Å². The third kappa shape index (κ3) is 2.24. The minimum atomic E-state index is 0.0711. The van der Waals surface area contributed by atoms with E-state index in [4.69, 9.17) is 0 Å². The number of nitrogens with zero attached hydrogens (tertiary/aromatic N) is 1. The highest BCUT2D eigenvalue weighted by Crippen LogP contribution is 2.17. The number of amides is 1. The molecule has 1 amide bonds. The Kier molecular flexibility index (Phi) is 3.24. The Balaban J connectivity index is 1.98. The average molecular weight is 222 g/mol. The number of aromatic nitrogens is 2. The molecular weight excluding hydrogens is 204 g/mol. The van der Waals surface area contributed by atoms with Gasteiger partial charge in [-0.05, 0) is 33.2 Å². The number of nitrogens with one attached hydrogen (secondary N) is 3. The lowest BCUT2D eigenvalue weighted by atomic mass is 9.99. The van der Waals surface area contributed by atoms with Crippen LogP contribution in [0.4, 0.5) is 5.82 Å². The molecule has 1 atom stereocenters. The molecule has 5 heteroatoms. The molecule has 0 aliphatic carbocycles. The highest BCUT2D eigenvalue weighted by molar-refractivity contribution is 5.92. The number of hydrogen-bond acceptors (Lipinski definition) is 3. The highest BCUT2D eigenvalue weighted by atomic mass is 16.2. The number of aryl methyl sites for hydroxylation is 1. The summed E-state index contributed by atoms with van der Waals surface area (Å²) in [4.78, 5) is 11.9. The minimum Gasteiger partial charge on any atom is -0.316 e. The fraction of sp³-hybridized carbons (Fsp3) is 0.636. The van der Waals surface area contributed by atoms with Crippen molar-refractivity contribution in [2.45, 2.75) is 26.7 Å². The molecule has 1 aliphatic heterocycles. The van der Waals surface area contributed by atoms with Gasteiger partial charge in [-0.15, -0.1) is 0 Å². The first-order valence-electron chi connectivity index (χ1n) is 5.71. The van der Waals surface area contributed by atoms with Crippen LogP contribution < -0.4 is 10.6 Å². The van der Waals surface area contributed by atoms with Gasteiger partial charge in [0.1, 0.15) is 0 Å². The lowest BCUT2D eigenvalue weighted by Gasteiger charge is -2.21. The second-order valence-corrected chi connectivity index (χ2v) is 4.35. The normalized spacial score (nSPS) is 20.8. The van der Waals surface area contributed by atoms with Crippen molar-refractivity contribution in [1.82, 2.24) is 15.5 Å². The molecule has 0 unspecified atom stereocenters. The third-order valence-electron chi connectivity index (χ3n) is 3.16. The summed E-state index contributed by atoms with van der Waals surface area (Å²) in [6, 6.07) is 0. The molecule has 1 saturated heterocycles. The average Bonchev–Trinajstić information content (AvgIpc) is 2.62. The lowest BCUT2D eigenvalue weighted by molar-refractivity contribution is -0.120. The van der Waals surface area contributed by atoms with Crippen molar-refractivity contribution in [3.8, 4) is 0 Å². The molecule has 16 heavy (non-hydrogen) atoms. The number of carbonyl (C=O) groups excluding carboxylic acids is 1. The smallest absolute Gasteiger partial charge is 0.229 e. The SMILES string of the molecule is Cc1[nH]nc(NC(=O)[C@H]2CCCNC2)c1C. The summed E-state index contributed by atoms with van der Waals surface area (Å²) in [5.41, 5.74) is 2.01. The summed E-state index contributed by atoms with van der Waals surface area (Å²) in [6.07, 6.45) is 2.03. The van der Waals surface area contributed by atoms with Gasteiger partial charge in [0.15, 0.2) is 5.82 Å². The summed E-state index contributed by atoms with van der Waals surface area (Å²) >= 11 is 0. The molecule has 0 radical (unpaired) electrons. The highest BCUT2D eigenvalue weighted by Gasteiger charge is 2.22. The van der Waals surface area contributed by atoms with Crippen molar-refractivity contribution < 1.29 is 4.79 Å². The number of piperidine rings is 1. The van der Waals surface area contributed by atoms with Crippen LogP contribution in [0.2, 0.25) is 0 Å². The number of aromatic amines is 1. The van der Waals surface area contributed by atoms with Crippen molar-refractivity contribution in [3.05, 3.63) is 11.3 Å². The first-order chi connectivity index (χ1) is 7.68. The maximum atomic E-state index is 11.9. The predicted molar refractivity (Wildman–Crippen MR) is 62.3 cm³/mol. The van der Waals surface area contributed by atoms with Crippen LogP contribution in [0.1, 0.15) is 24.1 Å². The standard InChI is InChI=1S/C11H18N4O/c1-7-8(2)14-15-10(7)13-11(16)9-4-3-5-12-6-9/h9,12H,3-6H2,1-2H3,(H2,13,14,15,16)/t9-/m0/s1. The molecule has 1 aliphatic rings.